The van der Waals surface area contributed by atoms with Crippen LogP contribution in [0.5, 0.6) is 5.75 Å². The number of benzene rings is 1. The molecule has 3 aromatic rings. The number of nitrogens with two attached hydrogens (primary N) is 1. The molecule has 0 bridgehead atoms. The Hall–Kier alpha value is -3.70. The topological polar surface area (TPSA) is 137 Å². The Bertz CT molecular complexity index is 1420. The number of anilines is 1. The van der Waals surface area contributed by atoms with Crippen LogP contribution in [0, 0.1) is 5.41 Å². The first-order chi connectivity index (χ1) is 17.1. The molecule has 5 N–H and O–H groups in total. The molecular formula is C23H20Cl2F2N6O3. The number of pyridine rings is 2. The van der Waals surface area contributed by atoms with Gasteiger partial charge in [0.05, 0.1) is 21.2 Å². The second-order valence-corrected chi connectivity index (χ2v) is 8.92. The monoisotopic (exact) mass is 536 g/mol. The number of nitrogens with one attached hydrogen (secondary N) is 2. The molecule has 1 saturated heterocycles. The van der Waals surface area contributed by atoms with Crippen molar-refractivity contribution in [3.8, 4) is 16.9 Å². The van der Waals surface area contributed by atoms with Gasteiger partial charge in [0, 0.05) is 37.6 Å². The summed E-state index contributed by atoms with van der Waals surface area (Å²) < 4.78 is 26.4. The van der Waals surface area contributed by atoms with E-state index < -0.39 is 23.9 Å². The predicted molar refractivity (Wildman–Crippen MR) is 132 cm³/mol. The van der Waals surface area contributed by atoms with E-state index in [0.29, 0.717) is 35.2 Å². The van der Waals surface area contributed by atoms with Crippen molar-refractivity contribution in [2.24, 2.45) is 5.73 Å². The highest BCUT2D eigenvalue weighted by atomic mass is 35.5. The van der Waals surface area contributed by atoms with Crippen molar-refractivity contribution in [3.05, 3.63) is 74.3 Å². The molecule has 3 heterocycles. The lowest BCUT2D eigenvalue weighted by Gasteiger charge is -2.20. The van der Waals surface area contributed by atoms with Gasteiger partial charge in [-0.3, -0.25) is 19.6 Å². The molecule has 1 atom stereocenters. The molecule has 36 heavy (non-hydrogen) atoms. The molecule has 1 aliphatic heterocycles. The molecule has 188 valence electrons. The van der Waals surface area contributed by atoms with Gasteiger partial charge in [-0.05, 0) is 35.7 Å². The van der Waals surface area contributed by atoms with Gasteiger partial charge >= 0.3 is 6.55 Å². The van der Waals surface area contributed by atoms with Gasteiger partial charge in [-0.25, -0.2) is 4.98 Å². The van der Waals surface area contributed by atoms with Crippen molar-refractivity contribution >= 4 is 40.8 Å². The molecule has 9 nitrogen and oxygen atoms in total. The van der Waals surface area contributed by atoms with E-state index in [-0.39, 0.29) is 38.8 Å². The van der Waals surface area contributed by atoms with E-state index in [1.165, 1.54) is 24.4 Å². The number of hydrogen-bond donors (Lipinski definition) is 4. The van der Waals surface area contributed by atoms with E-state index in [4.69, 9.17) is 34.3 Å². The molecule has 1 aromatic carbocycles. The highest BCUT2D eigenvalue weighted by Gasteiger charge is 2.29. The van der Waals surface area contributed by atoms with E-state index in [1.54, 1.807) is 11.0 Å². The Balaban J connectivity index is 1.48. The Morgan fingerprint density at radius 2 is 1.94 bits per heavy atom. The number of amidine groups is 1. The number of aromatic nitrogens is 2. The molecular weight excluding hydrogens is 517 g/mol. The largest absolute Gasteiger partial charge is 0.504 e. The highest BCUT2D eigenvalue weighted by molar-refractivity contribution is 6.34. The van der Waals surface area contributed by atoms with Crippen LogP contribution in [0.1, 0.15) is 28.9 Å². The van der Waals surface area contributed by atoms with Crippen LogP contribution in [0.3, 0.4) is 0 Å². The summed E-state index contributed by atoms with van der Waals surface area (Å²) in [4.78, 5) is 30.3. The number of amides is 1. The third kappa shape index (κ3) is 4.98. The number of aromatic hydroxyl groups is 1. The molecule has 1 amide bonds. The minimum atomic E-state index is -2.98. The van der Waals surface area contributed by atoms with Crippen molar-refractivity contribution in [2.75, 3.05) is 18.0 Å². The quantitative estimate of drug-likeness (QED) is 0.280. The molecule has 0 unspecified atom stereocenters. The predicted octanol–water partition coefficient (Wildman–Crippen LogP) is 3.61. The summed E-state index contributed by atoms with van der Waals surface area (Å²) in [6, 6.07) is 6.64. The van der Waals surface area contributed by atoms with Gasteiger partial charge in [-0.2, -0.15) is 8.78 Å². The van der Waals surface area contributed by atoms with Crippen molar-refractivity contribution in [2.45, 2.75) is 19.0 Å². The van der Waals surface area contributed by atoms with Crippen LogP contribution >= 0.6 is 23.2 Å². The Labute approximate surface area is 213 Å². The van der Waals surface area contributed by atoms with Gasteiger partial charge in [0.2, 0.25) is 0 Å². The van der Waals surface area contributed by atoms with Gasteiger partial charge in [0.25, 0.3) is 11.5 Å². The van der Waals surface area contributed by atoms with E-state index in [0.717, 1.165) is 12.3 Å². The normalized spacial score (nSPS) is 15.4. The van der Waals surface area contributed by atoms with Gasteiger partial charge in [0.1, 0.15) is 5.84 Å². The van der Waals surface area contributed by atoms with Crippen LogP contribution in [0.25, 0.3) is 11.1 Å². The van der Waals surface area contributed by atoms with E-state index in [9.17, 15) is 23.5 Å². The molecule has 1 aliphatic rings. The number of rotatable bonds is 6. The fourth-order valence-electron chi connectivity index (χ4n) is 4.00. The number of nitrogens with zero attached hydrogens (tertiary/aromatic N) is 3. The lowest BCUT2D eigenvalue weighted by Crippen LogP contribution is -2.37. The molecule has 0 spiro atoms. The van der Waals surface area contributed by atoms with Crippen LogP contribution in [-0.4, -0.2) is 45.5 Å². The van der Waals surface area contributed by atoms with Gasteiger partial charge < -0.3 is 21.1 Å². The first kappa shape index (κ1) is 25.4. The zero-order chi connectivity index (χ0) is 26.1. The summed E-state index contributed by atoms with van der Waals surface area (Å²) in [7, 11) is 0. The third-order valence-electron chi connectivity index (χ3n) is 5.78. The van der Waals surface area contributed by atoms with Crippen LogP contribution in [0.15, 0.2) is 47.5 Å². The Morgan fingerprint density at radius 3 is 2.61 bits per heavy atom. The minimum Gasteiger partial charge on any atom is -0.504 e. The zero-order valence-corrected chi connectivity index (χ0v) is 20.0. The summed E-state index contributed by atoms with van der Waals surface area (Å²) in [5.74, 6) is -0.933. The van der Waals surface area contributed by atoms with Gasteiger partial charge in [0.15, 0.2) is 11.6 Å². The minimum absolute atomic E-state index is 0.00927. The van der Waals surface area contributed by atoms with Crippen molar-refractivity contribution in [1.29, 1.82) is 5.41 Å². The molecule has 2 aromatic heterocycles. The number of hydrogen-bond acceptors (Lipinski definition) is 6. The fraction of sp³-hybridized carbons (Fsp3) is 0.217. The summed E-state index contributed by atoms with van der Waals surface area (Å²) in [5, 5.41) is 21.1. The molecule has 4 rings (SSSR count). The maximum Gasteiger partial charge on any atom is 0.321 e. The first-order valence-electron chi connectivity index (χ1n) is 10.6. The second-order valence-electron chi connectivity index (χ2n) is 8.11. The molecule has 0 aliphatic carbocycles. The van der Waals surface area contributed by atoms with Crippen molar-refractivity contribution in [3.63, 3.8) is 0 Å². The first-order valence-corrected chi connectivity index (χ1v) is 11.4. The number of carbonyl (C=O) groups is 1. The molecule has 1 fully saturated rings. The average molecular weight is 537 g/mol. The number of nitrogen functional groups attached to an aromatic ring is 1. The standard InChI is InChI=1S/C23H20Cl2F2N6O3/c24-15-7-11(12-2-4-17(34)33(9-12)23(26)27)1-3-14(15)22(36)31-13-5-6-32(10-13)21-19(35)18(20(28)29)16(25)8-30-21/h1-4,7-9,13,23,35H,5-6,10H2,(H3,28,29)(H,31,36)/t13-/m1/s1. The molecule has 0 saturated carbocycles. The fourth-order valence-corrected chi connectivity index (χ4v) is 4.50. The zero-order valence-electron chi connectivity index (χ0n) is 18.5. The lowest BCUT2D eigenvalue weighted by molar-refractivity contribution is 0.0665. The number of carbonyl (C=O) groups excluding carboxylic acids is 1. The Morgan fingerprint density at radius 1 is 1.22 bits per heavy atom. The van der Waals surface area contributed by atoms with Crippen LogP contribution < -0.4 is 21.5 Å². The van der Waals surface area contributed by atoms with Gasteiger partial charge in [-0.1, -0.05) is 29.3 Å². The van der Waals surface area contributed by atoms with Crippen molar-refractivity contribution in [1.82, 2.24) is 14.9 Å². The number of halogens is 4. The smallest absolute Gasteiger partial charge is 0.321 e. The van der Waals surface area contributed by atoms with Crippen molar-refractivity contribution < 1.29 is 18.7 Å². The summed E-state index contributed by atoms with van der Waals surface area (Å²) in [6.07, 6.45) is 2.88. The van der Waals surface area contributed by atoms with Crippen LogP contribution in [0.4, 0.5) is 14.6 Å². The molecule has 13 heteroatoms. The maximum absolute atomic E-state index is 13.0. The van der Waals surface area contributed by atoms with E-state index in [2.05, 4.69) is 10.3 Å². The third-order valence-corrected chi connectivity index (χ3v) is 6.37. The maximum atomic E-state index is 13.0. The summed E-state index contributed by atoms with van der Waals surface area (Å²) in [6.45, 7) is -2.18. The lowest BCUT2D eigenvalue weighted by atomic mass is 10.0. The van der Waals surface area contributed by atoms with Crippen LogP contribution in [0.2, 0.25) is 10.0 Å². The average Bonchev–Trinajstić information content (AvgIpc) is 3.26. The highest BCUT2D eigenvalue weighted by Crippen LogP contribution is 2.35. The second kappa shape index (κ2) is 10.1. The Kier molecular flexibility index (Phi) is 7.14. The summed E-state index contributed by atoms with van der Waals surface area (Å²) in [5.41, 5.74) is 5.65. The summed E-state index contributed by atoms with van der Waals surface area (Å²) >= 11 is 12.3. The van der Waals surface area contributed by atoms with E-state index >= 15 is 0 Å². The molecule has 0 radical (unpaired) electrons. The van der Waals surface area contributed by atoms with Crippen LogP contribution in [-0.2, 0) is 0 Å². The van der Waals surface area contributed by atoms with E-state index in [1.807, 2.05) is 0 Å². The van der Waals surface area contributed by atoms with Gasteiger partial charge in [-0.15, -0.1) is 0 Å². The number of alkyl halides is 2. The SMILES string of the molecule is N=C(N)c1c(Cl)cnc(N2CC[C@@H](NC(=O)c3ccc(-c4ccc(=O)n(C(F)F)c4)cc3Cl)C2)c1O.